The molecule has 0 radical (unpaired) electrons. The van der Waals surface area contributed by atoms with Gasteiger partial charge in [0.25, 0.3) is 5.69 Å². The number of carbonyl (C=O) groups is 1. The van der Waals surface area contributed by atoms with Crippen LogP contribution in [0.15, 0.2) is 35.9 Å². The van der Waals surface area contributed by atoms with E-state index >= 15 is 0 Å². The second-order valence-electron chi connectivity index (χ2n) is 8.14. The summed E-state index contributed by atoms with van der Waals surface area (Å²) in [4.78, 5) is 23.3. The zero-order valence-electron chi connectivity index (χ0n) is 15.0. The first-order chi connectivity index (χ1) is 11.8. The minimum Gasteiger partial charge on any atom is -0.466 e. The number of ether oxygens (including phenoxy) is 1. The van der Waals surface area contributed by atoms with Crippen molar-refractivity contribution in [3.8, 4) is 0 Å². The Bertz CT molecular complexity index is 798. The summed E-state index contributed by atoms with van der Waals surface area (Å²) in [5.41, 5.74) is 2.28. The average molecular weight is 341 g/mol. The lowest BCUT2D eigenvalue weighted by molar-refractivity contribution is -0.384. The van der Waals surface area contributed by atoms with Crippen molar-refractivity contribution in [1.82, 2.24) is 0 Å². The van der Waals surface area contributed by atoms with Crippen molar-refractivity contribution in [2.75, 3.05) is 6.61 Å². The fourth-order valence-electron chi connectivity index (χ4n) is 6.39. The van der Waals surface area contributed by atoms with E-state index in [1.54, 1.807) is 12.1 Å². The number of hydrogen-bond donors (Lipinski definition) is 0. The van der Waals surface area contributed by atoms with Crippen molar-refractivity contribution in [2.24, 2.45) is 28.6 Å². The first kappa shape index (κ1) is 16.3. The van der Waals surface area contributed by atoms with Crippen molar-refractivity contribution in [2.45, 2.75) is 33.6 Å². The van der Waals surface area contributed by atoms with Crippen LogP contribution in [0.4, 0.5) is 5.69 Å². The van der Waals surface area contributed by atoms with Gasteiger partial charge < -0.3 is 4.74 Å². The van der Waals surface area contributed by atoms with Crippen LogP contribution >= 0.6 is 0 Å². The highest BCUT2D eigenvalue weighted by Crippen LogP contribution is 2.85. The van der Waals surface area contributed by atoms with E-state index in [1.165, 1.54) is 5.57 Å². The Morgan fingerprint density at radius 3 is 2.48 bits per heavy atom. The van der Waals surface area contributed by atoms with Crippen LogP contribution in [0.5, 0.6) is 0 Å². The second kappa shape index (κ2) is 4.93. The Morgan fingerprint density at radius 2 is 1.92 bits per heavy atom. The molecule has 4 bridgehead atoms. The van der Waals surface area contributed by atoms with E-state index in [1.807, 2.05) is 19.1 Å². The zero-order valence-corrected chi connectivity index (χ0v) is 15.0. The molecule has 2 saturated carbocycles. The quantitative estimate of drug-likeness (QED) is 0.358. The maximum absolute atomic E-state index is 12.7. The van der Waals surface area contributed by atoms with Gasteiger partial charge in [-0.15, -0.1) is 0 Å². The molecule has 25 heavy (non-hydrogen) atoms. The first-order valence-electron chi connectivity index (χ1n) is 8.87. The molecule has 4 aliphatic carbocycles. The Kier molecular flexibility index (Phi) is 3.22. The molecule has 1 aromatic rings. The van der Waals surface area contributed by atoms with Crippen molar-refractivity contribution in [1.29, 1.82) is 0 Å². The molecule has 1 aromatic carbocycles. The summed E-state index contributed by atoms with van der Waals surface area (Å²) < 4.78 is 5.40. The Hall–Kier alpha value is -2.17. The van der Waals surface area contributed by atoms with Crippen molar-refractivity contribution in [3.05, 3.63) is 51.6 Å². The summed E-state index contributed by atoms with van der Waals surface area (Å²) in [6, 6.07) is 6.87. The van der Waals surface area contributed by atoms with Gasteiger partial charge in [0.15, 0.2) is 0 Å². The van der Waals surface area contributed by atoms with Gasteiger partial charge in [0.05, 0.1) is 17.4 Å². The van der Waals surface area contributed by atoms with Gasteiger partial charge in [-0.05, 0) is 42.6 Å². The number of allylic oxidation sites excluding steroid dienone is 2. The van der Waals surface area contributed by atoms with Crippen LogP contribution in [-0.2, 0) is 9.53 Å². The first-order valence-corrected chi connectivity index (χ1v) is 8.87. The van der Waals surface area contributed by atoms with Crippen LogP contribution in [0, 0.1) is 38.7 Å². The fraction of sp³-hybridized carbons (Fsp3) is 0.550. The molecule has 0 saturated heterocycles. The standard InChI is InChI=1S/C20H23NO4/c1-5-25-18(22)16-15-14-11(2)10-19(16,3)17(20(14,15)4)12-6-8-13(9-7-12)21(23)24/h6-10,14-17H,5H2,1-4H3/t14-,15-,16-,17+,19+,20-/m0/s1. The number of esters is 1. The molecule has 6 atom stereocenters. The monoisotopic (exact) mass is 341 g/mol. The van der Waals surface area contributed by atoms with Crippen LogP contribution in [0.3, 0.4) is 0 Å². The molecule has 0 N–H and O–H groups in total. The maximum Gasteiger partial charge on any atom is 0.310 e. The number of hydrogen-bond acceptors (Lipinski definition) is 4. The molecular formula is C20H23NO4. The van der Waals surface area contributed by atoms with Gasteiger partial charge in [0, 0.05) is 17.5 Å². The van der Waals surface area contributed by atoms with E-state index in [4.69, 9.17) is 4.74 Å². The Labute approximate surface area is 147 Å². The fourth-order valence-corrected chi connectivity index (χ4v) is 6.39. The summed E-state index contributed by atoms with van der Waals surface area (Å²) in [5, 5.41) is 11.0. The molecule has 0 amide bonds. The highest BCUT2D eigenvalue weighted by atomic mass is 16.6. The van der Waals surface area contributed by atoms with Crippen molar-refractivity contribution < 1.29 is 14.5 Å². The van der Waals surface area contributed by atoms with E-state index in [0.29, 0.717) is 18.4 Å². The lowest BCUT2D eigenvalue weighted by atomic mass is 9.59. The van der Waals surface area contributed by atoms with Gasteiger partial charge in [0.1, 0.15) is 0 Å². The van der Waals surface area contributed by atoms with Gasteiger partial charge in [-0.3, -0.25) is 14.9 Å². The number of benzene rings is 1. The number of nitro groups is 1. The molecule has 5 nitrogen and oxygen atoms in total. The van der Waals surface area contributed by atoms with E-state index in [2.05, 4.69) is 26.8 Å². The third kappa shape index (κ3) is 1.87. The summed E-state index contributed by atoms with van der Waals surface area (Å²) >= 11 is 0. The van der Waals surface area contributed by atoms with Gasteiger partial charge >= 0.3 is 5.97 Å². The molecule has 4 aliphatic rings. The van der Waals surface area contributed by atoms with E-state index < -0.39 is 0 Å². The SMILES string of the molecule is CCOC(=O)[C@@H]1[C@@H]2[C@@H]3C(C)=C[C@@]1(C)[C@@H](c1ccc([N+](=O)[O-])cc1)[C@]23C. The molecule has 2 fully saturated rings. The molecular weight excluding hydrogens is 318 g/mol. The number of rotatable bonds is 4. The second-order valence-corrected chi connectivity index (χ2v) is 8.14. The van der Waals surface area contributed by atoms with Crippen LogP contribution in [0.2, 0.25) is 0 Å². The number of carbonyl (C=O) groups excluding carboxylic acids is 1. The molecule has 0 aromatic heterocycles. The molecule has 0 heterocycles. The molecule has 5 rings (SSSR count). The van der Waals surface area contributed by atoms with Crippen molar-refractivity contribution in [3.63, 3.8) is 0 Å². The lowest BCUT2D eigenvalue weighted by Gasteiger charge is -2.44. The van der Waals surface area contributed by atoms with E-state index in [9.17, 15) is 14.9 Å². The minimum atomic E-state index is -0.376. The normalized spacial score (nSPS) is 40.4. The van der Waals surface area contributed by atoms with E-state index in [0.717, 1.165) is 5.56 Å². The third-order valence-corrected chi connectivity index (χ3v) is 6.92. The molecule has 0 aliphatic heterocycles. The Morgan fingerprint density at radius 1 is 1.28 bits per heavy atom. The van der Waals surface area contributed by atoms with Crippen molar-refractivity contribution >= 4 is 11.7 Å². The number of nitro benzene ring substituents is 1. The minimum absolute atomic E-state index is 0.0289. The lowest BCUT2D eigenvalue weighted by Crippen LogP contribution is -2.41. The summed E-state index contributed by atoms with van der Waals surface area (Å²) in [6.45, 7) is 8.81. The predicted octanol–water partition coefficient (Wildman–Crippen LogP) is 4.09. The number of non-ortho nitro benzene ring substituents is 1. The number of nitrogens with zero attached hydrogens (tertiary/aromatic N) is 1. The van der Waals surface area contributed by atoms with Crippen LogP contribution in [-0.4, -0.2) is 17.5 Å². The van der Waals surface area contributed by atoms with Gasteiger partial charge in [0.2, 0.25) is 0 Å². The smallest absolute Gasteiger partial charge is 0.310 e. The van der Waals surface area contributed by atoms with Gasteiger partial charge in [-0.1, -0.05) is 37.6 Å². The highest BCUT2D eigenvalue weighted by Gasteiger charge is 2.82. The van der Waals surface area contributed by atoms with Gasteiger partial charge in [-0.2, -0.15) is 0 Å². The average Bonchev–Trinajstić information content (AvgIpc) is 3.09. The predicted molar refractivity (Wildman–Crippen MR) is 92.9 cm³/mol. The largest absolute Gasteiger partial charge is 0.466 e. The topological polar surface area (TPSA) is 69.4 Å². The summed E-state index contributed by atoms with van der Waals surface area (Å²) in [5.74, 6) is 0.655. The van der Waals surface area contributed by atoms with Gasteiger partial charge in [-0.25, -0.2) is 0 Å². The van der Waals surface area contributed by atoms with E-state index in [-0.39, 0.29) is 39.2 Å². The zero-order chi connectivity index (χ0) is 18.1. The highest BCUT2D eigenvalue weighted by molar-refractivity contribution is 5.78. The van der Waals surface area contributed by atoms with Crippen LogP contribution in [0.1, 0.15) is 39.2 Å². The Balaban J connectivity index is 1.79. The maximum atomic E-state index is 12.7. The molecule has 132 valence electrons. The van der Waals surface area contributed by atoms with Crippen LogP contribution < -0.4 is 0 Å². The summed E-state index contributed by atoms with van der Waals surface area (Å²) in [7, 11) is 0. The molecule has 5 heteroatoms. The summed E-state index contributed by atoms with van der Waals surface area (Å²) in [6.07, 6.45) is 2.26. The molecule has 0 spiro atoms. The molecule has 0 unspecified atom stereocenters. The van der Waals surface area contributed by atoms with Crippen LogP contribution in [0.25, 0.3) is 0 Å². The third-order valence-electron chi connectivity index (χ3n) is 6.92.